The first-order valence-corrected chi connectivity index (χ1v) is 5.48. The molecule has 0 saturated carbocycles. The molecule has 0 aliphatic rings. The molecule has 0 atom stereocenters. The molecule has 0 saturated heterocycles. The molecule has 1 aromatic carbocycles. The van der Waals surface area contributed by atoms with Crippen LogP contribution in [-0.2, 0) is 11.0 Å². The highest BCUT2D eigenvalue weighted by molar-refractivity contribution is 5.67. The number of allylic oxidation sites excluding steroid dienone is 1. The third kappa shape index (κ3) is 4.65. The van der Waals surface area contributed by atoms with Crippen LogP contribution in [-0.4, -0.2) is 18.2 Å². The van der Waals surface area contributed by atoms with Gasteiger partial charge in [0.2, 0.25) is 0 Å². The first kappa shape index (κ1) is 15.1. The molecule has 3 nitrogen and oxygen atoms in total. The van der Waals surface area contributed by atoms with Crippen LogP contribution in [0.5, 0.6) is 5.75 Å². The summed E-state index contributed by atoms with van der Waals surface area (Å²) in [5.41, 5.74) is -0.312. The number of hydrogen-bond acceptors (Lipinski definition) is 2. The fourth-order valence-electron chi connectivity index (χ4n) is 1.44. The number of alkyl halides is 3. The Hall–Kier alpha value is -1.98. The second kappa shape index (κ2) is 6.26. The van der Waals surface area contributed by atoms with Gasteiger partial charge in [0.25, 0.3) is 0 Å². The zero-order chi connectivity index (χ0) is 14.5. The van der Waals surface area contributed by atoms with Gasteiger partial charge in [-0.15, -0.1) is 0 Å². The Morgan fingerprint density at radius 3 is 2.63 bits per heavy atom. The van der Waals surface area contributed by atoms with E-state index in [2.05, 4.69) is 0 Å². The molecule has 6 heteroatoms. The first-order chi connectivity index (χ1) is 8.84. The summed E-state index contributed by atoms with van der Waals surface area (Å²) in [5.74, 6) is -0.828. The highest BCUT2D eigenvalue weighted by atomic mass is 19.4. The summed E-state index contributed by atoms with van der Waals surface area (Å²) in [6, 6.07) is 3.16. The van der Waals surface area contributed by atoms with Gasteiger partial charge in [0.05, 0.1) is 12.7 Å². The summed E-state index contributed by atoms with van der Waals surface area (Å²) < 4.78 is 42.4. The Morgan fingerprint density at radius 2 is 2.11 bits per heavy atom. The number of ether oxygens (including phenoxy) is 1. The van der Waals surface area contributed by atoms with Crippen molar-refractivity contribution < 1.29 is 27.8 Å². The highest BCUT2D eigenvalue weighted by Crippen LogP contribution is 2.33. The molecule has 0 fully saturated rings. The van der Waals surface area contributed by atoms with Gasteiger partial charge in [-0.05, 0) is 18.6 Å². The molecule has 0 heterocycles. The maximum atomic E-state index is 12.5. The molecule has 1 rings (SSSR count). The number of hydrogen-bond donors (Lipinski definition) is 1. The van der Waals surface area contributed by atoms with Crippen molar-refractivity contribution in [2.75, 3.05) is 7.11 Å². The van der Waals surface area contributed by atoms with E-state index in [0.29, 0.717) is 12.0 Å². The first-order valence-electron chi connectivity index (χ1n) is 5.48. The third-order valence-corrected chi connectivity index (χ3v) is 2.38. The van der Waals surface area contributed by atoms with Gasteiger partial charge in [-0.3, -0.25) is 4.79 Å². The van der Waals surface area contributed by atoms with Crippen LogP contribution in [0.3, 0.4) is 0 Å². The lowest BCUT2D eigenvalue weighted by Crippen LogP contribution is -2.05. The fraction of sp³-hybridized carbons (Fsp3) is 0.308. The molecule has 0 radical (unpaired) electrons. The third-order valence-electron chi connectivity index (χ3n) is 2.38. The van der Waals surface area contributed by atoms with Crippen molar-refractivity contribution in [1.29, 1.82) is 0 Å². The van der Waals surface area contributed by atoms with Crippen LogP contribution in [0.25, 0.3) is 6.08 Å². The van der Waals surface area contributed by atoms with Crippen molar-refractivity contribution >= 4 is 12.0 Å². The predicted molar refractivity (Wildman–Crippen MR) is 63.9 cm³/mol. The minimum absolute atomic E-state index is 0.0283. The summed E-state index contributed by atoms with van der Waals surface area (Å²) in [6.45, 7) is 0. The standard InChI is InChI=1S/C13H13F3O3/c1-19-11-8-10(13(14,15)16)7-6-9(11)4-2-3-5-12(17)18/h2,4,6-8H,3,5H2,1H3,(H,17,18). The molecule has 1 N–H and O–H groups in total. The van der Waals surface area contributed by atoms with Crippen LogP contribution in [0, 0.1) is 0 Å². The molecule has 0 amide bonds. The normalized spacial score (nSPS) is 11.8. The van der Waals surface area contributed by atoms with E-state index in [1.807, 2.05) is 0 Å². The fourth-order valence-corrected chi connectivity index (χ4v) is 1.44. The maximum absolute atomic E-state index is 12.5. The van der Waals surface area contributed by atoms with E-state index in [0.717, 1.165) is 12.1 Å². The molecule has 0 bridgehead atoms. The number of carboxylic acid groups (broad SMARTS) is 1. The smallest absolute Gasteiger partial charge is 0.416 e. The lowest BCUT2D eigenvalue weighted by atomic mass is 10.1. The van der Waals surface area contributed by atoms with E-state index in [1.54, 1.807) is 12.2 Å². The lowest BCUT2D eigenvalue weighted by molar-refractivity contribution is -0.138. The molecule has 0 aliphatic carbocycles. The van der Waals surface area contributed by atoms with Gasteiger partial charge in [-0.1, -0.05) is 18.2 Å². The molecule has 0 aromatic heterocycles. The zero-order valence-electron chi connectivity index (χ0n) is 10.2. The number of carboxylic acids is 1. The van der Waals surface area contributed by atoms with Crippen molar-refractivity contribution in [3.63, 3.8) is 0 Å². The van der Waals surface area contributed by atoms with E-state index in [1.165, 1.54) is 13.2 Å². The van der Waals surface area contributed by atoms with E-state index in [-0.39, 0.29) is 12.2 Å². The van der Waals surface area contributed by atoms with Crippen molar-refractivity contribution in [2.24, 2.45) is 0 Å². The van der Waals surface area contributed by atoms with Crippen molar-refractivity contribution in [3.8, 4) is 5.75 Å². The van der Waals surface area contributed by atoms with Crippen LogP contribution in [0.2, 0.25) is 0 Å². The minimum Gasteiger partial charge on any atom is -0.496 e. The molecular formula is C13H13F3O3. The average molecular weight is 274 g/mol. The second-order valence-corrected chi connectivity index (χ2v) is 3.79. The number of aliphatic carboxylic acids is 1. The number of rotatable bonds is 5. The largest absolute Gasteiger partial charge is 0.496 e. The van der Waals surface area contributed by atoms with E-state index < -0.39 is 17.7 Å². The summed E-state index contributed by atoms with van der Waals surface area (Å²) in [4.78, 5) is 10.3. The predicted octanol–water partition coefficient (Wildman–Crippen LogP) is 3.59. The maximum Gasteiger partial charge on any atom is 0.416 e. The topological polar surface area (TPSA) is 46.5 Å². The van der Waals surface area contributed by atoms with Gasteiger partial charge in [0, 0.05) is 12.0 Å². The number of benzene rings is 1. The molecule has 1 aromatic rings. The van der Waals surface area contributed by atoms with Crippen molar-refractivity contribution in [1.82, 2.24) is 0 Å². The molecule has 104 valence electrons. The Balaban J connectivity index is 2.87. The minimum atomic E-state index is -4.42. The Kier molecular flexibility index (Phi) is 4.97. The van der Waals surface area contributed by atoms with Crippen molar-refractivity contribution in [2.45, 2.75) is 19.0 Å². The zero-order valence-corrected chi connectivity index (χ0v) is 10.2. The van der Waals surface area contributed by atoms with Crippen LogP contribution < -0.4 is 4.74 Å². The summed E-state index contributed by atoms with van der Waals surface area (Å²) in [7, 11) is 1.28. The molecule has 0 spiro atoms. The highest BCUT2D eigenvalue weighted by Gasteiger charge is 2.31. The van der Waals surface area contributed by atoms with Gasteiger partial charge >= 0.3 is 12.1 Å². The molecule has 0 unspecified atom stereocenters. The van der Waals surface area contributed by atoms with Crippen LogP contribution >= 0.6 is 0 Å². The van der Waals surface area contributed by atoms with Crippen LogP contribution in [0.1, 0.15) is 24.0 Å². The van der Waals surface area contributed by atoms with Gasteiger partial charge in [0.15, 0.2) is 0 Å². The second-order valence-electron chi connectivity index (χ2n) is 3.79. The van der Waals surface area contributed by atoms with Crippen LogP contribution in [0.15, 0.2) is 24.3 Å². The Morgan fingerprint density at radius 1 is 1.42 bits per heavy atom. The van der Waals surface area contributed by atoms with Crippen LogP contribution in [0.4, 0.5) is 13.2 Å². The summed E-state index contributed by atoms with van der Waals surface area (Å²) >= 11 is 0. The van der Waals surface area contributed by atoms with E-state index in [4.69, 9.17) is 9.84 Å². The monoisotopic (exact) mass is 274 g/mol. The quantitative estimate of drug-likeness (QED) is 0.892. The number of halogens is 3. The van der Waals surface area contributed by atoms with E-state index >= 15 is 0 Å². The van der Waals surface area contributed by atoms with Gasteiger partial charge < -0.3 is 9.84 Å². The lowest BCUT2D eigenvalue weighted by Gasteiger charge is -2.10. The van der Waals surface area contributed by atoms with Gasteiger partial charge in [0.1, 0.15) is 5.75 Å². The molecule has 19 heavy (non-hydrogen) atoms. The number of methoxy groups -OCH3 is 1. The number of carbonyl (C=O) groups is 1. The Labute approximate surface area is 108 Å². The summed E-state index contributed by atoms with van der Waals surface area (Å²) in [5, 5.41) is 8.45. The summed E-state index contributed by atoms with van der Waals surface area (Å²) in [6.07, 6.45) is -1.01. The van der Waals surface area contributed by atoms with E-state index in [9.17, 15) is 18.0 Å². The molecular weight excluding hydrogens is 261 g/mol. The van der Waals surface area contributed by atoms with Gasteiger partial charge in [-0.25, -0.2) is 0 Å². The molecule has 0 aliphatic heterocycles. The van der Waals surface area contributed by atoms with Gasteiger partial charge in [-0.2, -0.15) is 13.2 Å². The average Bonchev–Trinajstić information content (AvgIpc) is 2.33. The SMILES string of the molecule is COc1cc(C(F)(F)F)ccc1C=CCCC(=O)O. The van der Waals surface area contributed by atoms with Crippen molar-refractivity contribution in [3.05, 3.63) is 35.4 Å². The Bertz CT molecular complexity index is 479.